The van der Waals surface area contributed by atoms with E-state index in [1.165, 1.54) is 24.3 Å². The van der Waals surface area contributed by atoms with Crippen LogP contribution in [0.1, 0.15) is 11.1 Å². The molecule has 0 unspecified atom stereocenters. The van der Waals surface area contributed by atoms with Gasteiger partial charge in [-0.1, -0.05) is 35.9 Å². The fraction of sp³-hybridized carbons (Fsp3) is 0.100. The van der Waals surface area contributed by atoms with Crippen LogP contribution in [0.4, 0.5) is 10.1 Å². The average Bonchev–Trinajstić information content (AvgIpc) is 2.66. The van der Waals surface area contributed by atoms with Gasteiger partial charge in [0, 0.05) is 23.4 Å². The highest BCUT2D eigenvalue weighted by atomic mass is 35.5. The van der Waals surface area contributed by atoms with E-state index < -0.39 is 15.8 Å². The highest BCUT2D eigenvalue weighted by molar-refractivity contribution is 7.89. The van der Waals surface area contributed by atoms with Crippen molar-refractivity contribution in [2.24, 2.45) is 5.14 Å². The van der Waals surface area contributed by atoms with Gasteiger partial charge in [0.2, 0.25) is 10.0 Å². The first-order valence-electron chi connectivity index (χ1n) is 8.34. The fourth-order valence-electron chi connectivity index (χ4n) is 2.54. The number of halogens is 2. The number of hydrogen-bond acceptors (Lipinski definition) is 4. The Bertz CT molecular complexity index is 1070. The normalized spacial score (nSPS) is 11.2. The fourth-order valence-corrected chi connectivity index (χ4v) is 3.28. The molecule has 5 nitrogen and oxygen atoms in total. The Morgan fingerprint density at radius 3 is 2.39 bits per heavy atom. The summed E-state index contributed by atoms with van der Waals surface area (Å²) in [7, 11) is -3.72. The first-order chi connectivity index (χ1) is 13.3. The minimum absolute atomic E-state index is 0.0537. The smallest absolute Gasteiger partial charge is 0.238 e. The Morgan fingerprint density at radius 2 is 1.71 bits per heavy atom. The molecule has 0 spiro atoms. The summed E-state index contributed by atoms with van der Waals surface area (Å²) >= 11 is 6.04. The molecule has 0 heterocycles. The molecule has 0 aliphatic heterocycles. The Labute approximate surface area is 168 Å². The molecular weight excluding hydrogens is 403 g/mol. The van der Waals surface area contributed by atoms with Crippen LogP contribution in [-0.2, 0) is 23.2 Å². The number of rotatable bonds is 7. The number of sulfonamides is 1. The molecule has 0 amide bonds. The van der Waals surface area contributed by atoms with E-state index in [0.717, 1.165) is 11.3 Å². The number of primary sulfonamides is 1. The number of nitrogens with two attached hydrogens (primary N) is 1. The van der Waals surface area contributed by atoms with E-state index in [2.05, 4.69) is 5.32 Å². The van der Waals surface area contributed by atoms with Crippen LogP contribution in [0.15, 0.2) is 71.6 Å². The van der Waals surface area contributed by atoms with Gasteiger partial charge in [-0.3, -0.25) is 0 Å². The van der Waals surface area contributed by atoms with E-state index in [9.17, 15) is 12.8 Å². The summed E-state index contributed by atoms with van der Waals surface area (Å²) in [5.41, 5.74) is 2.32. The maximum Gasteiger partial charge on any atom is 0.238 e. The van der Waals surface area contributed by atoms with Crippen molar-refractivity contribution in [1.82, 2.24) is 0 Å². The van der Waals surface area contributed by atoms with Crippen LogP contribution in [-0.4, -0.2) is 8.42 Å². The third kappa shape index (κ3) is 5.22. The standard InChI is InChI=1S/C20H18ClFN2O3S/c21-19-11-16(22)6-5-15(19)13-27-20-4-2-1-3-14(20)12-24-17-7-9-18(10-8-17)28(23,25)26/h1-11,24H,12-13H2,(H2,23,25,26). The van der Waals surface area contributed by atoms with Crippen molar-refractivity contribution < 1.29 is 17.5 Å². The Balaban J connectivity index is 1.67. The van der Waals surface area contributed by atoms with Gasteiger partial charge in [0.25, 0.3) is 0 Å². The molecule has 3 aromatic rings. The highest BCUT2D eigenvalue weighted by Crippen LogP contribution is 2.24. The number of anilines is 1. The van der Waals surface area contributed by atoms with Crippen molar-refractivity contribution >= 4 is 27.3 Å². The van der Waals surface area contributed by atoms with Crippen LogP contribution < -0.4 is 15.2 Å². The first-order valence-corrected chi connectivity index (χ1v) is 10.3. The lowest BCUT2D eigenvalue weighted by atomic mass is 10.2. The van der Waals surface area contributed by atoms with Crippen LogP contribution >= 0.6 is 11.6 Å². The topological polar surface area (TPSA) is 81.4 Å². The van der Waals surface area contributed by atoms with E-state index >= 15 is 0 Å². The van der Waals surface area contributed by atoms with Crippen molar-refractivity contribution in [3.05, 3.63) is 88.7 Å². The molecule has 3 rings (SSSR count). The van der Waals surface area contributed by atoms with E-state index in [0.29, 0.717) is 22.9 Å². The van der Waals surface area contributed by atoms with Gasteiger partial charge in [0.05, 0.1) is 9.92 Å². The van der Waals surface area contributed by atoms with Crippen LogP contribution in [0, 0.1) is 5.82 Å². The summed E-state index contributed by atoms with van der Waals surface area (Å²) in [5, 5.41) is 8.61. The van der Waals surface area contributed by atoms with E-state index in [4.69, 9.17) is 21.5 Å². The minimum atomic E-state index is -3.72. The lowest BCUT2D eigenvalue weighted by Gasteiger charge is -2.14. The monoisotopic (exact) mass is 420 g/mol. The number of nitrogens with one attached hydrogen (secondary N) is 1. The molecule has 0 radical (unpaired) electrons. The Hall–Kier alpha value is -2.61. The quantitative estimate of drug-likeness (QED) is 0.596. The van der Waals surface area contributed by atoms with E-state index in [1.54, 1.807) is 18.2 Å². The van der Waals surface area contributed by atoms with E-state index in [1.807, 2.05) is 24.3 Å². The van der Waals surface area contributed by atoms with Gasteiger partial charge in [-0.15, -0.1) is 0 Å². The number of hydrogen-bond donors (Lipinski definition) is 2. The number of ether oxygens (including phenoxy) is 1. The van der Waals surface area contributed by atoms with Crippen LogP contribution in [0.25, 0.3) is 0 Å². The van der Waals surface area contributed by atoms with Gasteiger partial charge in [-0.05, 0) is 42.5 Å². The predicted molar refractivity (Wildman–Crippen MR) is 107 cm³/mol. The molecule has 0 aliphatic carbocycles. The summed E-state index contributed by atoms with van der Waals surface area (Å²) in [6, 6.07) is 17.8. The minimum Gasteiger partial charge on any atom is -0.488 e. The number of benzene rings is 3. The summed E-state index contributed by atoms with van der Waals surface area (Å²) in [5.74, 6) is 0.267. The Kier molecular flexibility index (Phi) is 6.18. The van der Waals surface area contributed by atoms with Gasteiger partial charge in [-0.25, -0.2) is 17.9 Å². The second-order valence-electron chi connectivity index (χ2n) is 6.06. The first kappa shape index (κ1) is 20.1. The molecule has 146 valence electrons. The second kappa shape index (κ2) is 8.60. The van der Waals surface area contributed by atoms with Gasteiger partial charge in [-0.2, -0.15) is 0 Å². The van der Waals surface area contributed by atoms with Crippen molar-refractivity contribution in [2.75, 3.05) is 5.32 Å². The second-order valence-corrected chi connectivity index (χ2v) is 8.02. The lowest BCUT2D eigenvalue weighted by Crippen LogP contribution is -2.12. The molecule has 0 fully saturated rings. The molecule has 28 heavy (non-hydrogen) atoms. The Morgan fingerprint density at radius 1 is 1.00 bits per heavy atom. The average molecular weight is 421 g/mol. The summed E-state index contributed by atoms with van der Waals surface area (Å²) in [6.07, 6.45) is 0. The molecule has 0 saturated carbocycles. The van der Waals surface area contributed by atoms with Crippen LogP contribution in [0.5, 0.6) is 5.75 Å². The van der Waals surface area contributed by atoms with Crippen LogP contribution in [0.2, 0.25) is 5.02 Å². The summed E-state index contributed by atoms with van der Waals surface area (Å²) in [4.78, 5) is 0.0537. The summed E-state index contributed by atoms with van der Waals surface area (Å²) < 4.78 is 41.6. The largest absolute Gasteiger partial charge is 0.488 e. The molecule has 0 atom stereocenters. The van der Waals surface area contributed by atoms with Gasteiger partial charge >= 0.3 is 0 Å². The van der Waals surface area contributed by atoms with Crippen LogP contribution in [0.3, 0.4) is 0 Å². The molecular formula is C20H18ClFN2O3S. The highest BCUT2D eigenvalue weighted by Gasteiger charge is 2.08. The maximum absolute atomic E-state index is 13.2. The van der Waals surface area contributed by atoms with Crippen molar-refractivity contribution in [2.45, 2.75) is 18.0 Å². The zero-order chi connectivity index (χ0) is 20.1. The molecule has 0 bridgehead atoms. The van der Waals surface area contributed by atoms with Gasteiger partial charge < -0.3 is 10.1 Å². The third-order valence-corrected chi connectivity index (χ3v) is 5.32. The van der Waals surface area contributed by atoms with Gasteiger partial charge in [0.1, 0.15) is 18.2 Å². The van der Waals surface area contributed by atoms with Crippen molar-refractivity contribution in [3.8, 4) is 5.75 Å². The lowest BCUT2D eigenvalue weighted by molar-refractivity contribution is 0.303. The third-order valence-electron chi connectivity index (χ3n) is 4.04. The van der Waals surface area contributed by atoms with Crippen molar-refractivity contribution in [3.63, 3.8) is 0 Å². The molecule has 8 heteroatoms. The molecule has 0 aliphatic rings. The molecule has 3 aromatic carbocycles. The number of para-hydroxylation sites is 1. The molecule has 0 aromatic heterocycles. The van der Waals surface area contributed by atoms with Crippen molar-refractivity contribution in [1.29, 1.82) is 0 Å². The van der Waals surface area contributed by atoms with Gasteiger partial charge in [0.15, 0.2) is 0 Å². The SMILES string of the molecule is NS(=O)(=O)c1ccc(NCc2ccccc2OCc2ccc(F)cc2Cl)cc1. The molecule has 0 saturated heterocycles. The zero-order valence-electron chi connectivity index (χ0n) is 14.7. The zero-order valence-corrected chi connectivity index (χ0v) is 16.3. The predicted octanol–water partition coefficient (Wildman–Crippen LogP) is 4.32. The molecule has 3 N–H and O–H groups in total. The summed E-state index contributed by atoms with van der Waals surface area (Å²) in [6.45, 7) is 0.668. The maximum atomic E-state index is 13.2. The van der Waals surface area contributed by atoms with E-state index in [-0.39, 0.29) is 11.5 Å².